The lowest BCUT2D eigenvalue weighted by atomic mass is 9.85. The van der Waals surface area contributed by atoms with Crippen molar-refractivity contribution < 1.29 is 18.9 Å². The van der Waals surface area contributed by atoms with Gasteiger partial charge in [-0.1, -0.05) is 18.2 Å². The van der Waals surface area contributed by atoms with Gasteiger partial charge in [0.05, 0.1) is 0 Å². The van der Waals surface area contributed by atoms with E-state index >= 15 is 0 Å². The van der Waals surface area contributed by atoms with E-state index in [-0.39, 0.29) is 6.10 Å². The normalized spacial score (nSPS) is 37.0. The van der Waals surface area contributed by atoms with Gasteiger partial charge < -0.3 is 18.9 Å². The third-order valence-corrected chi connectivity index (χ3v) is 4.66. The van der Waals surface area contributed by atoms with Crippen LogP contribution in [0.5, 0.6) is 0 Å². The van der Waals surface area contributed by atoms with Crippen molar-refractivity contribution in [3.8, 4) is 0 Å². The Labute approximate surface area is 129 Å². The lowest BCUT2D eigenvalue weighted by Crippen LogP contribution is -2.46. The quantitative estimate of drug-likeness (QED) is 0.688. The first kappa shape index (κ1) is 12.7. The molecule has 4 nitrogen and oxygen atoms in total. The van der Waals surface area contributed by atoms with E-state index in [1.807, 2.05) is 19.9 Å². The maximum atomic E-state index is 6.34. The molecule has 1 fully saturated rings. The molecule has 0 aromatic heterocycles. The Morgan fingerprint density at radius 2 is 2.09 bits per heavy atom. The summed E-state index contributed by atoms with van der Waals surface area (Å²) in [5, 5.41) is 0. The monoisotopic (exact) mass is 298 g/mol. The lowest BCUT2D eigenvalue weighted by Gasteiger charge is -2.35. The molecule has 4 heteroatoms. The molecule has 0 unspecified atom stereocenters. The van der Waals surface area contributed by atoms with E-state index in [4.69, 9.17) is 18.9 Å². The highest BCUT2D eigenvalue weighted by Crippen LogP contribution is 2.56. The molecule has 0 bridgehead atoms. The first-order valence-electron chi connectivity index (χ1n) is 7.82. The highest BCUT2D eigenvalue weighted by Gasteiger charge is 2.65. The van der Waals surface area contributed by atoms with E-state index in [0.717, 1.165) is 41.1 Å². The molecule has 2 aliphatic carbocycles. The average molecular weight is 298 g/mol. The van der Waals surface area contributed by atoms with E-state index in [9.17, 15) is 0 Å². The van der Waals surface area contributed by atoms with Crippen LogP contribution in [0.15, 0.2) is 58.6 Å². The van der Waals surface area contributed by atoms with Gasteiger partial charge in [0.2, 0.25) is 0 Å². The first-order valence-corrected chi connectivity index (χ1v) is 7.82. The van der Waals surface area contributed by atoms with Crippen LogP contribution < -0.4 is 0 Å². The summed E-state index contributed by atoms with van der Waals surface area (Å²) in [5.41, 5.74) is 3.26. The van der Waals surface area contributed by atoms with Gasteiger partial charge in [-0.15, -0.1) is 0 Å². The molecule has 5 aliphatic rings. The Hall–Kier alpha value is -1.78. The zero-order valence-corrected chi connectivity index (χ0v) is 12.7. The third-order valence-electron chi connectivity index (χ3n) is 4.66. The summed E-state index contributed by atoms with van der Waals surface area (Å²) in [4.78, 5) is 0. The number of allylic oxidation sites excluding steroid dienone is 6. The molecule has 0 aromatic carbocycles. The van der Waals surface area contributed by atoms with Crippen LogP contribution in [0.2, 0.25) is 0 Å². The van der Waals surface area contributed by atoms with Gasteiger partial charge in [0.25, 0.3) is 5.79 Å². The maximum Gasteiger partial charge on any atom is 0.273 e. The first-order chi connectivity index (χ1) is 10.6. The summed E-state index contributed by atoms with van der Waals surface area (Å²) in [6, 6.07) is 0. The predicted octanol–water partition coefficient (Wildman–Crippen LogP) is 3.25. The van der Waals surface area contributed by atoms with Gasteiger partial charge in [0, 0.05) is 23.1 Å². The molecule has 0 radical (unpaired) electrons. The molecular weight excluding hydrogens is 280 g/mol. The Balaban J connectivity index is 1.72. The zero-order chi connectivity index (χ0) is 14.9. The highest BCUT2D eigenvalue weighted by molar-refractivity contribution is 5.60. The van der Waals surface area contributed by atoms with Crippen molar-refractivity contribution in [3.63, 3.8) is 0 Å². The summed E-state index contributed by atoms with van der Waals surface area (Å²) in [7, 11) is 0. The van der Waals surface area contributed by atoms with Crippen LogP contribution in [0, 0.1) is 0 Å². The minimum absolute atomic E-state index is 0.360. The molecule has 3 heterocycles. The Bertz CT molecular complexity index is 719. The molecule has 0 aromatic rings. The van der Waals surface area contributed by atoms with E-state index < -0.39 is 11.6 Å². The van der Waals surface area contributed by atoms with Crippen molar-refractivity contribution in [1.29, 1.82) is 0 Å². The molecule has 3 aliphatic heterocycles. The van der Waals surface area contributed by atoms with Gasteiger partial charge in [0.1, 0.15) is 18.1 Å². The predicted molar refractivity (Wildman–Crippen MR) is 79.5 cm³/mol. The smallest absolute Gasteiger partial charge is 0.273 e. The minimum atomic E-state index is -0.896. The standard InChI is InChI=1S/C18H18O4/c1-17(2)21-16-15-11(6-5-9-19-15)10-13-12-7-3-4-8-14(12)20-18(13,16)22-17/h3,5-7,10,16H,4,8-9H2,1-2H3/t16-,18+/m0/s1. The van der Waals surface area contributed by atoms with Crippen LogP contribution in [-0.2, 0) is 18.9 Å². The summed E-state index contributed by atoms with van der Waals surface area (Å²) < 4.78 is 24.7. The fourth-order valence-corrected chi connectivity index (χ4v) is 3.87. The SMILES string of the molecule is CC1(C)O[C@H]2C3=C(C=CCO3)C=C3C4=C(CCC=C4)O[C@@]32O1. The topological polar surface area (TPSA) is 36.9 Å². The van der Waals surface area contributed by atoms with Crippen LogP contribution >= 0.6 is 0 Å². The Morgan fingerprint density at radius 1 is 1.18 bits per heavy atom. The second-order valence-corrected chi connectivity index (χ2v) is 6.64. The van der Waals surface area contributed by atoms with Crippen molar-refractivity contribution in [1.82, 2.24) is 0 Å². The van der Waals surface area contributed by atoms with Crippen LogP contribution in [0.25, 0.3) is 0 Å². The maximum absolute atomic E-state index is 6.34. The molecule has 0 amide bonds. The van der Waals surface area contributed by atoms with Gasteiger partial charge >= 0.3 is 0 Å². The van der Waals surface area contributed by atoms with Crippen molar-refractivity contribution in [2.24, 2.45) is 0 Å². The second-order valence-electron chi connectivity index (χ2n) is 6.64. The molecule has 1 saturated heterocycles. The van der Waals surface area contributed by atoms with Gasteiger partial charge in [-0.05, 0) is 32.4 Å². The lowest BCUT2D eigenvalue weighted by molar-refractivity contribution is -0.214. The summed E-state index contributed by atoms with van der Waals surface area (Å²) in [6.07, 6.45) is 12.1. The van der Waals surface area contributed by atoms with Crippen molar-refractivity contribution in [2.75, 3.05) is 6.61 Å². The molecule has 2 atom stereocenters. The minimum Gasteiger partial charge on any atom is -0.490 e. The highest BCUT2D eigenvalue weighted by atomic mass is 16.8. The fraction of sp³-hybridized carbons (Fsp3) is 0.444. The van der Waals surface area contributed by atoms with Crippen LogP contribution in [0.1, 0.15) is 26.7 Å². The molecule has 0 N–H and O–H groups in total. The molecule has 1 spiro atoms. The average Bonchev–Trinajstić information content (AvgIpc) is 2.95. The van der Waals surface area contributed by atoms with Gasteiger partial charge in [-0.25, -0.2) is 0 Å². The van der Waals surface area contributed by atoms with Crippen molar-refractivity contribution in [2.45, 2.75) is 44.4 Å². The molecule has 114 valence electrons. The largest absolute Gasteiger partial charge is 0.490 e. The number of rotatable bonds is 0. The number of hydrogen-bond donors (Lipinski definition) is 0. The second kappa shape index (κ2) is 3.94. The van der Waals surface area contributed by atoms with E-state index in [1.54, 1.807) is 0 Å². The molecule has 0 saturated carbocycles. The summed E-state index contributed by atoms with van der Waals surface area (Å²) in [6.45, 7) is 4.41. The van der Waals surface area contributed by atoms with E-state index in [0.29, 0.717) is 6.61 Å². The van der Waals surface area contributed by atoms with Gasteiger partial charge in [0.15, 0.2) is 11.9 Å². The molecule has 5 rings (SSSR count). The van der Waals surface area contributed by atoms with Crippen LogP contribution in [0.3, 0.4) is 0 Å². The fourth-order valence-electron chi connectivity index (χ4n) is 3.87. The Morgan fingerprint density at radius 3 is 3.00 bits per heavy atom. The van der Waals surface area contributed by atoms with Crippen molar-refractivity contribution in [3.05, 3.63) is 58.6 Å². The van der Waals surface area contributed by atoms with Crippen molar-refractivity contribution >= 4 is 0 Å². The van der Waals surface area contributed by atoms with Crippen LogP contribution in [0.4, 0.5) is 0 Å². The number of hydrogen-bond acceptors (Lipinski definition) is 4. The van der Waals surface area contributed by atoms with Crippen LogP contribution in [-0.4, -0.2) is 24.3 Å². The van der Waals surface area contributed by atoms with E-state index in [2.05, 4.69) is 24.3 Å². The van der Waals surface area contributed by atoms with Gasteiger partial charge in [-0.3, -0.25) is 0 Å². The Kier molecular flexibility index (Phi) is 2.28. The molecule has 22 heavy (non-hydrogen) atoms. The number of ether oxygens (including phenoxy) is 4. The summed E-state index contributed by atoms with van der Waals surface area (Å²) in [5.74, 6) is 0.214. The third kappa shape index (κ3) is 1.49. The number of fused-ring (bicyclic) bond motifs is 2. The molecular formula is C18H18O4. The summed E-state index contributed by atoms with van der Waals surface area (Å²) >= 11 is 0. The zero-order valence-electron chi connectivity index (χ0n) is 12.7. The van der Waals surface area contributed by atoms with E-state index in [1.165, 1.54) is 0 Å². The van der Waals surface area contributed by atoms with Gasteiger partial charge in [-0.2, -0.15) is 0 Å².